The molecule has 2 nitrogen and oxygen atoms in total. The Kier molecular flexibility index (Phi) is 4.89. The summed E-state index contributed by atoms with van der Waals surface area (Å²) in [5, 5.41) is 0. The number of ether oxygens (including phenoxy) is 1. The summed E-state index contributed by atoms with van der Waals surface area (Å²) in [5.74, 6) is 1.17. The summed E-state index contributed by atoms with van der Waals surface area (Å²) in [6.45, 7) is 8.91. The Morgan fingerprint density at radius 2 is 2.05 bits per heavy atom. The van der Waals surface area contributed by atoms with Crippen molar-refractivity contribution in [3.8, 4) is 5.75 Å². The van der Waals surface area contributed by atoms with Gasteiger partial charge in [-0.1, -0.05) is 19.4 Å². The molecule has 4 heteroatoms. The van der Waals surface area contributed by atoms with Gasteiger partial charge in [0, 0.05) is 17.0 Å². The first kappa shape index (κ1) is 16.6. The molecular weight excluding hydrogens is 305 g/mol. The number of hydrogen-bond acceptors (Lipinski definition) is 2. The van der Waals surface area contributed by atoms with E-state index < -0.39 is 4.33 Å². The number of hydrogen-bond donors (Lipinski definition) is 0. The average Bonchev–Trinajstić information content (AvgIpc) is 2.79. The number of rotatable bonds is 6. The van der Waals surface area contributed by atoms with Crippen molar-refractivity contribution in [3.63, 3.8) is 0 Å². The minimum absolute atomic E-state index is 0.0282. The van der Waals surface area contributed by atoms with E-state index in [4.69, 9.17) is 27.9 Å². The molecule has 1 aliphatic rings. The fraction of sp³-hybridized carbons (Fsp3) is 0.588. The van der Waals surface area contributed by atoms with Gasteiger partial charge in [0.25, 0.3) is 0 Å². The van der Waals surface area contributed by atoms with Crippen LogP contribution in [0, 0.1) is 18.3 Å². The zero-order valence-electron chi connectivity index (χ0n) is 13.1. The van der Waals surface area contributed by atoms with Crippen molar-refractivity contribution in [1.29, 1.82) is 0 Å². The SMILES string of the molecule is CC(=CCOc1ccc(C)nc1)CCC1C(C)(C)C1(Cl)Cl. The maximum atomic E-state index is 6.29. The maximum absolute atomic E-state index is 6.29. The van der Waals surface area contributed by atoms with Gasteiger partial charge in [0.1, 0.15) is 16.7 Å². The predicted molar refractivity (Wildman–Crippen MR) is 89.2 cm³/mol. The van der Waals surface area contributed by atoms with E-state index in [9.17, 15) is 0 Å². The summed E-state index contributed by atoms with van der Waals surface area (Å²) < 4.78 is 5.09. The molecular formula is C17H23Cl2NO. The molecule has 0 amide bonds. The minimum Gasteiger partial charge on any atom is -0.488 e. The second-order valence-corrected chi connectivity index (χ2v) is 7.82. The molecule has 21 heavy (non-hydrogen) atoms. The van der Waals surface area contributed by atoms with Crippen molar-refractivity contribution in [2.45, 2.75) is 44.9 Å². The van der Waals surface area contributed by atoms with E-state index >= 15 is 0 Å². The third-order valence-corrected chi connectivity index (χ3v) is 5.98. The van der Waals surface area contributed by atoms with E-state index in [1.807, 2.05) is 19.1 Å². The normalized spacial score (nSPS) is 23.0. The number of aryl methyl sites for hydroxylation is 1. The van der Waals surface area contributed by atoms with E-state index in [1.54, 1.807) is 6.20 Å². The zero-order chi connectivity index (χ0) is 15.7. The van der Waals surface area contributed by atoms with Crippen LogP contribution in [0.3, 0.4) is 0 Å². The Hall–Kier alpha value is -0.730. The third-order valence-electron chi connectivity index (χ3n) is 4.48. The zero-order valence-corrected chi connectivity index (χ0v) is 14.6. The van der Waals surface area contributed by atoms with Crippen LogP contribution in [0.5, 0.6) is 5.75 Å². The predicted octanol–water partition coefficient (Wildman–Crippen LogP) is 5.33. The monoisotopic (exact) mass is 327 g/mol. The van der Waals surface area contributed by atoms with Crippen LogP contribution in [0.25, 0.3) is 0 Å². The van der Waals surface area contributed by atoms with E-state index in [2.05, 4.69) is 31.8 Å². The molecule has 2 rings (SSSR count). The highest BCUT2D eigenvalue weighted by Crippen LogP contribution is 2.70. The Morgan fingerprint density at radius 3 is 2.57 bits per heavy atom. The molecule has 0 aliphatic heterocycles. The molecule has 1 fully saturated rings. The third kappa shape index (κ3) is 3.73. The lowest BCUT2D eigenvalue weighted by atomic mass is 10.0. The van der Waals surface area contributed by atoms with Crippen molar-refractivity contribution in [1.82, 2.24) is 4.98 Å². The largest absolute Gasteiger partial charge is 0.488 e. The number of halogens is 2. The Morgan fingerprint density at radius 1 is 1.38 bits per heavy atom. The molecule has 1 saturated carbocycles. The lowest BCUT2D eigenvalue weighted by Crippen LogP contribution is -1.96. The Bertz CT molecular complexity index is 506. The summed E-state index contributed by atoms with van der Waals surface area (Å²) in [6.07, 6.45) is 5.89. The van der Waals surface area contributed by atoms with Crippen LogP contribution < -0.4 is 4.74 Å². The van der Waals surface area contributed by atoms with Gasteiger partial charge in [-0.3, -0.25) is 4.98 Å². The number of aromatic nitrogens is 1. The standard InChI is InChI=1S/C17H23Cl2NO/c1-12(5-8-15-16(3,4)17(15,18)19)9-10-21-14-7-6-13(2)20-11-14/h6-7,9,11,15H,5,8,10H2,1-4H3. The van der Waals surface area contributed by atoms with Gasteiger partial charge in [-0.2, -0.15) is 0 Å². The van der Waals surface area contributed by atoms with E-state index in [0.29, 0.717) is 12.5 Å². The van der Waals surface area contributed by atoms with Crippen molar-refractivity contribution in [2.24, 2.45) is 11.3 Å². The molecule has 116 valence electrons. The van der Waals surface area contributed by atoms with Crippen molar-refractivity contribution in [2.75, 3.05) is 6.61 Å². The first-order valence-electron chi connectivity index (χ1n) is 7.34. The number of allylic oxidation sites excluding steroid dienone is 1. The molecule has 1 unspecified atom stereocenters. The molecule has 1 aromatic heterocycles. The molecule has 0 radical (unpaired) electrons. The highest BCUT2D eigenvalue weighted by Gasteiger charge is 2.69. The lowest BCUT2D eigenvalue weighted by Gasteiger charge is -2.05. The second-order valence-electron chi connectivity index (χ2n) is 6.43. The highest BCUT2D eigenvalue weighted by atomic mass is 35.5. The van der Waals surface area contributed by atoms with Gasteiger partial charge in [0.2, 0.25) is 0 Å². The van der Waals surface area contributed by atoms with Crippen LogP contribution in [-0.4, -0.2) is 15.9 Å². The van der Waals surface area contributed by atoms with Crippen LogP contribution >= 0.6 is 23.2 Å². The summed E-state index contributed by atoms with van der Waals surface area (Å²) in [5.41, 5.74) is 2.33. The Balaban J connectivity index is 1.74. The van der Waals surface area contributed by atoms with Crippen LogP contribution in [0.1, 0.15) is 39.3 Å². The molecule has 0 aromatic carbocycles. The minimum atomic E-state index is -0.558. The van der Waals surface area contributed by atoms with Crippen LogP contribution in [0.15, 0.2) is 30.0 Å². The van der Waals surface area contributed by atoms with Gasteiger partial charge >= 0.3 is 0 Å². The first-order chi connectivity index (χ1) is 9.75. The second kappa shape index (κ2) is 6.18. The first-order valence-corrected chi connectivity index (χ1v) is 8.09. The summed E-state index contributed by atoms with van der Waals surface area (Å²) >= 11 is 12.6. The van der Waals surface area contributed by atoms with Gasteiger partial charge in [-0.25, -0.2) is 0 Å². The highest BCUT2D eigenvalue weighted by molar-refractivity contribution is 6.51. The number of nitrogens with zero attached hydrogens (tertiary/aromatic N) is 1. The van der Waals surface area contributed by atoms with Crippen molar-refractivity contribution >= 4 is 23.2 Å². The number of alkyl halides is 2. The number of pyridine rings is 1. The van der Waals surface area contributed by atoms with Gasteiger partial charge in [0.05, 0.1) is 6.20 Å². The molecule has 0 bridgehead atoms. The van der Waals surface area contributed by atoms with Gasteiger partial charge in [-0.15, -0.1) is 23.2 Å². The van der Waals surface area contributed by atoms with E-state index in [1.165, 1.54) is 5.57 Å². The summed E-state index contributed by atoms with van der Waals surface area (Å²) in [7, 11) is 0. The Labute approximate surface area is 137 Å². The molecule has 0 saturated heterocycles. The lowest BCUT2D eigenvalue weighted by molar-refractivity contribution is 0.359. The van der Waals surface area contributed by atoms with Gasteiger partial charge in [0.15, 0.2) is 0 Å². The molecule has 0 N–H and O–H groups in total. The van der Waals surface area contributed by atoms with Crippen LogP contribution in [0.4, 0.5) is 0 Å². The van der Waals surface area contributed by atoms with Crippen LogP contribution in [0.2, 0.25) is 0 Å². The fourth-order valence-corrected chi connectivity index (χ4v) is 3.51. The molecule has 1 aliphatic carbocycles. The quantitative estimate of drug-likeness (QED) is 0.520. The van der Waals surface area contributed by atoms with Gasteiger partial charge < -0.3 is 4.74 Å². The summed E-state index contributed by atoms with van der Waals surface area (Å²) in [4.78, 5) is 4.20. The van der Waals surface area contributed by atoms with E-state index in [-0.39, 0.29) is 5.41 Å². The summed E-state index contributed by atoms with van der Waals surface area (Å²) in [6, 6.07) is 3.88. The molecule has 0 spiro atoms. The van der Waals surface area contributed by atoms with Crippen molar-refractivity contribution < 1.29 is 4.74 Å². The van der Waals surface area contributed by atoms with Crippen molar-refractivity contribution in [3.05, 3.63) is 35.7 Å². The molecule has 1 atom stereocenters. The topological polar surface area (TPSA) is 22.1 Å². The van der Waals surface area contributed by atoms with E-state index in [0.717, 1.165) is 24.3 Å². The van der Waals surface area contributed by atoms with Crippen LogP contribution in [-0.2, 0) is 0 Å². The fourth-order valence-electron chi connectivity index (χ4n) is 2.59. The molecule has 1 heterocycles. The van der Waals surface area contributed by atoms with Gasteiger partial charge in [-0.05, 0) is 44.9 Å². The average molecular weight is 328 g/mol. The smallest absolute Gasteiger partial charge is 0.138 e. The molecule has 1 aromatic rings. The maximum Gasteiger partial charge on any atom is 0.138 e.